The van der Waals surface area contributed by atoms with Crippen molar-refractivity contribution in [2.75, 3.05) is 66.5 Å². The molecule has 1 saturated heterocycles. The summed E-state index contributed by atoms with van der Waals surface area (Å²) in [6.07, 6.45) is 0.811. The Bertz CT molecular complexity index is 732. The van der Waals surface area contributed by atoms with E-state index < -0.39 is 0 Å². The summed E-state index contributed by atoms with van der Waals surface area (Å²) in [4.78, 5) is 34.0. The summed E-state index contributed by atoms with van der Waals surface area (Å²) in [5, 5.41) is 6.65. The van der Waals surface area contributed by atoms with Crippen LogP contribution in [0.25, 0.3) is 0 Å². The minimum absolute atomic E-state index is 0. The van der Waals surface area contributed by atoms with E-state index in [2.05, 4.69) is 27.4 Å². The molecule has 1 aromatic carbocycles. The predicted molar refractivity (Wildman–Crippen MR) is 136 cm³/mol. The van der Waals surface area contributed by atoms with Crippen molar-refractivity contribution in [1.82, 2.24) is 25.3 Å². The first-order valence-corrected chi connectivity index (χ1v) is 10.7. The van der Waals surface area contributed by atoms with E-state index in [1.807, 2.05) is 29.2 Å². The van der Waals surface area contributed by atoms with Gasteiger partial charge < -0.3 is 20.4 Å². The van der Waals surface area contributed by atoms with E-state index in [9.17, 15) is 9.59 Å². The lowest BCUT2D eigenvalue weighted by Crippen LogP contribution is -2.48. The molecule has 2 rings (SSSR count). The van der Waals surface area contributed by atoms with Crippen molar-refractivity contribution in [3.8, 4) is 0 Å². The van der Waals surface area contributed by atoms with Crippen LogP contribution in [-0.2, 0) is 11.2 Å². The van der Waals surface area contributed by atoms with Crippen molar-refractivity contribution in [1.29, 1.82) is 0 Å². The Morgan fingerprint density at radius 3 is 2.45 bits per heavy atom. The molecule has 0 radical (unpaired) electrons. The van der Waals surface area contributed by atoms with Crippen LogP contribution in [0.5, 0.6) is 0 Å². The van der Waals surface area contributed by atoms with Crippen LogP contribution in [-0.4, -0.2) is 98.9 Å². The Morgan fingerprint density at radius 2 is 1.84 bits per heavy atom. The average molecular weight is 544 g/mol. The second kappa shape index (κ2) is 14.2. The zero-order valence-electron chi connectivity index (χ0n) is 19.2. The number of aliphatic imine (C=N–C) groups is 1. The highest BCUT2D eigenvalue weighted by atomic mass is 127. The molecule has 8 nitrogen and oxygen atoms in total. The number of benzene rings is 1. The normalized spacial score (nSPS) is 14.6. The standard InChI is InChI=1S/C22H36N6O2.HI/c1-5-23-22(25-11-12-27-13-15-28(16-14-27)18(2)29)24-10-9-19-7-6-8-20(17-19)21(30)26(3)4;/h6-8,17H,5,9-16H2,1-4H3,(H2,23,24,25);1H. The maximum absolute atomic E-state index is 12.1. The summed E-state index contributed by atoms with van der Waals surface area (Å²) >= 11 is 0. The number of hydrogen-bond acceptors (Lipinski definition) is 4. The first kappa shape index (κ1) is 27.2. The number of piperazine rings is 1. The molecule has 2 amide bonds. The number of hydrogen-bond donors (Lipinski definition) is 2. The van der Waals surface area contributed by atoms with Crippen LogP contribution < -0.4 is 10.6 Å². The lowest BCUT2D eigenvalue weighted by Gasteiger charge is -2.33. The van der Waals surface area contributed by atoms with Gasteiger partial charge in [0.1, 0.15) is 0 Å². The van der Waals surface area contributed by atoms with Crippen LogP contribution >= 0.6 is 24.0 Å². The van der Waals surface area contributed by atoms with Gasteiger partial charge in [0.05, 0.1) is 6.54 Å². The van der Waals surface area contributed by atoms with Crippen molar-refractivity contribution in [2.24, 2.45) is 4.99 Å². The van der Waals surface area contributed by atoms with Crippen LogP contribution in [0.1, 0.15) is 29.8 Å². The van der Waals surface area contributed by atoms with Gasteiger partial charge >= 0.3 is 0 Å². The third-order valence-corrected chi connectivity index (χ3v) is 5.13. The molecule has 1 fully saturated rings. The van der Waals surface area contributed by atoms with E-state index in [4.69, 9.17) is 0 Å². The van der Waals surface area contributed by atoms with Crippen molar-refractivity contribution in [3.63, 3.8) is 0 Å². The first-order valence-electron chi connectivity index (χ1n) is 10.7. The molecule has 0 bridgehead atoms. The highest BCUT2D eigenvalue weighted by Crippen LogP contribution is 2.08. The van der Waals surface area contributed by atoms with Gasteiger partial charge in [0.25, 0.3) is 5.91 Å². The highest BCUT2D eigenvalue weighted by Gasteiger charge is 2.17. The van der Waals surface area contributed by atoms with Gasteiger partial charge in [0, 0.05) is 72.4 Å². The number of carbonyl (C=O) groups excluding carboxylic acids is 2. The lowest BCUT2D eigenvalue weighted by molar-refractivity contribution is -0.130. The highest BCUT2D eigenvalue weighted by molar-refractivity contribution is 14.0. The number of nitrogens with one attached hydrogen (secondary N) is 2. The van der Waals surface area contributed by atoms with Crippen molar-refractivity contribution in [3.05, 3.63) is 35.4 Å². The van der Waals surface area contributed by atoms with Crippen molar-refractivity contribution >= 4 is 41.8 Å². The fraction of sp³-hybridized carbons (Fsp3) is 0.591. The molecule has 1 aliphatic rings. The summed E-state index contributed by atoms with van der Waals surface area (Å²) in [7, 11) is 3.53. The topological polar surface area (TPSA) is 80.3 Å². The van der Waals surface area contributed by atoms with Gasteiger partial charge in [-0.2, -0.15) is 0 Å². The van der Waals surface area contributed by atoms with Crippen LogP contribution in [0, 0.1) is 0 Å². The molecule has 2 N–H and O–H groups in total. The van der Waals surface area contributed by atoms with E-state index in [1.165, 1.54) is 0 Å². The SMILES string of the molecule is CCNC(=NCCN1CCN(C(C)=O)CC1)NCCc1cccc(C(=O)N(C)C)c1.I. The Morgan fingerprint density at radius 1 is 1.13 bits per heavy atom. The zero-order chi connectivity index (χ0) is 21.9. The molecular formula is C22H37IN6O2. The second-order valence-corrected chi connectivity index (χ2v) is 7.69. The molecule has 1 aromatic rings. The van der Waals surface area contributed by atoms with E-state index >= 15 is 0 Å². The van der Waals surface area contributed by atoms with E-state index in [0.29, 0.717) is 12.1 Å². The van der Waals surface area contributed by atoms with Gasteiger partial charge in [-0.3, -0.25) is 19.5 Å². The summed E-state index contributed by atoms with van der Waals surface area (Å²) in [5.41, 5.74) is 1.83. The number of rotatable bonds is 8. The Balaban J connectivity index is 0.00000480. The number of guanidine groups is 1. The Labute approximate surface area is 203 Å². The second-order valence-electron chi connectivity index (χ2n) is 7.69. The number of halogens is 1. The third kappa shape index (κ3) is 9.42. The summed E-state index contributed by atoms with van der Waals surface area (Å²) in [5.74, 6) is 0.979. The molecule has 1 heterocycles. The molecule has 174 valence electrons. The van der Waals surface area contributed by atoms with Gasteiger partial charge in [-0.1, -0.05) is 12.1 Å². The van der Waals surface area contributed by atoms with Gasteiger partial charge in [-0.15, -0.1) is 24.0 Å². The fourth-order valence-corrected chi connectivity index (χ4v) is 3.37. The Hall–Kier alpha value is -1.88. The number of amides is 2. The largest absolute Gasteiger partial charge is 0.357 e. The fourth-order valence-electron chi connectivity index (χ4n) is 3.37. The van der Waals surface area contributed by atoms with E-state index in [0.717, 1.165) is 63.8 Å². The molecule has 1 aliphatic heterocycles. The lowest BCUT2D eigenvalue weighted by atomic mass is 10.1. The van der Waals surface area contributed by atoms with E-state index in [-0.39, 0.29) is 35.8 Å². The molecule has 0 unspecified atom stereocenters. The Kier molecular flexibility index (Phi) is 12.5. The van der Waals surface area contributed by atoms with Gasteiger partial charge in [-0.05, 0) is 31.0 Å². The maximum atomic E-state index is 12.1. The summed E-state index contributed by atoms with van der Waals surface area (Å²) in [6, 6.07) is 7.77. The molecule has 0 saturated carbocycles. The van der Waals surface area contributed by atoms with Crippen LogP contribution in [0.2, 0.25) is 0 Å². The first-order chi connectivity index (χ1) is 14.4. The minimum Gasteiger partial charge on any atom is -0.357 e. The van der Waals surface area contributed by atoms with Crippen molar-refractivity contribution in [2.45, 2.75) is 20.3 Å². The molecular weight excluding hydrogens is 507 g/mol. The van der Waals surface area contributed by atoms with Crippen LogP contribution in [0.15, 0.2) is 29.3 Å². The van der Waals surface area contributed by atoms with Crippen LogP contribution in [0.4, 0.5) is 0 Å². The molecule has 31 heavy (non-hydrogen) atoms. The molecule has 0 spiro atoms. The predicted octanol–water partition coefficient (Wildman–Crippen LogP) is 1.27. The molecule has 0 aliphatic carbocycles. The minimum atomic E-state index is 0. The average Bonchev–Trinajstić information content (AvgIpc) is 2.73. The summed E-state index contributed by atoms with van der Waals surface area (Å²) in [6.45, 7) is 10.2. The smallest absolute Gasteiger partial charge is 0.253 e. The quantitative estimate of drug-likeness (QED) is 0.293. The number of carbonyl (C=O) groups is 2. The van der Waals surface area contributed by atoms with Crippen molar-refractivity contribution < 1.29 is 9.59 Å². The maximum Gasteiger partial charge on any atom is 0.253 e. The molecule has 0 aromatic heterocycles. The van der Waals surface area contributed by atoms with E-state index in [1.54, 1.807) is 25.9 Å². The van der Waals surface area contributed by atoms with Crippen LogP contribution in [0.3, 0.4) is 0 Å². The van der Waals surface area contributed by atoms with Gasteiger partial charge in [0.2, 0.25) is 5.91 Å². The monoisotopic (exact) mass is 544 g/mol. The zero-order valence-corrected chi connectivity index (χ0v) is 21.5. The summed E-state index contributed by atoms with van der Waals surface area (Å²) < 4.78 is 0. The van der Waals surface area contributed by atoms with Gasteiger partial charge in [0.15, 0.2) is 5.96 Å². The molecule has 0 atom stereocenters. The molecule has 9 heteroatoms. The third-order valence-electron chi connectivity index (χ3n) is 5.13. The number of nitrogens with zero attached hydrogens (tertiary/aromatic N) is 4. The van der Waals surface area contributed by atoms with Gasteiger partial charge in [-0.25, -0.2) is 0 Å².